The van der Waals surface area contributed by atoms with E-state index in [-0.39, 0.29) is 28.8 Å². The van der Waals surface area contributed by atoms with Crippen LogP contribution >= 0.6 is 11.8 Å². The number of aromatic nitrogens is 2. The largest absolute Gasteiger partial charge is 0.508 e. The van der Waals surface area contributed by atoms with Gasteiger partial charge in [-0.3, -0.25) is 14.9 Å². The number of nitrogens with one attached hydrogen (secondary N) is 2. The van der Waals surface area contributed by atoms with Crippen molar-refractivity contribution in [2.75, 3.05) is 0 Å². The number of hydrogen-bond acceptors (Lipinski definition) is 6. The molecule has 2 aromatic carbocycles. The van der Waals surface area contributed by atoms with Crippen LogP contribution in [0.15, 0.2) is 42.5 Å². The maximum Gasteiger partial charge on any atom is 0.286 e. The molecule has 1 atom stereocenters. The van der Waals surface area contributed by atoms with Crippen molar-refractivity contribution in [3.8, 4) is 11.5 Å². The summed E-state index contributed by atoms with van der Waals surface area (Å²) in [4.78, 5) is 30.3. The zero-order chi connectivity index (χ0) is 18.1. The van der Waals surface area contributed by atoms with Gasteiger partial charge < -0.3 is 14.8 Å². The fourth-order valence-electron chi connectivity index (χ4n) is 2.73. The predicted octanol–water partition coefficient (Wildman–Crippen LogP) is 2.74. The van der Waals surface area contributed by atoms with Gasteiger partial charge in [0.2, 0.25) is 5.91 Å². The number of hydrogen-bond donors (Lipinski definition) is 3. The van der Waals surface area contributed by atoms with Gasteiger partial charge in [-0.1, -0.05) is 23.9 Å². The van der Waals surface area contributed by atoms with Crippen LogP contribution in [-0.2, 0) is 17.8 Å². The lowest BCUT2D eigenvalue weighted by Crippen LogP contribution is -2.25. The zero-order valence-corrected chi connectivity index (χ0v) is 14.4. The van der Waals surface area contributed by atoms with E-state index in [2.05, 4.69) is 15.3 Å². The number of rotatable bonds is 5. The number of fused-ring (bicyclic) bond motifs is 1. The van der Waals surface area contributed by atoms with Crippen LogP contribution in [0.1, 0.15) is 11.4 Å². The number of imidazole rings is 1. The summed E-state index contributed by atoms with van der Waals surface area (Å²) in [6, 6.07) is 12.3. The minimum atomic E-state index is -0.374. The fourth-order valence-corrected chi connectivity index (χ4v) is 3.59. The summed E-state index contributed by atoms with van der Waals surface area (Å²) in [5, 5.41) is 11.1. The van der Waals surface area contributed by atoms with Crippen molar-refractivity contribution in [2.24, 2.45) is 0 Å². The van der Waals surface area contributed by atoms with Gasteiger partial charge in [-0.25, -0.2) is 4.98 Å². The summed E-state index contributed by atoms with van der Waals surface area (Å²) < 4.78 is 5.72. The summed E-state index contributed by atoms with van der Waals surface area (Å²) in [5.41, 5.74) is 2.47. The minimum Gasteiger partial charge on any atom is -0.508 e. The van der Waals surface area contributed by atoms with Crippen molar-refractivity contribution >= 4 is 33.9 Å². The number of ether oxygens (including phenoxy) is 1. The number of aromatic amines is 1. The Hall–Kier alpha value is -3.00. The summed E-state index contributed by atoms with van der Waals surface area (Å²) in [7, 11) is 0. The van der Waals surface area contributed by atoms with E-state index in [1.807, 2.05) is 24.3 Å². The lowest BCUT2D eigenvalue weighted by molar-refractivity contribution is -0.118. The molecule has 132 valence electrons. The van der Waals surface area contributed by atoms with E-state index in [1.54, 1.807) is 18.2 Å². The predicted molar refractivity (Wildman–Crippen MR) is 97.2 cm³/mol. The van der Waals surface area contributed by atoms with E-state index >= 15 is 0 Å². The smallest absolute Gasteiger partial charge is 0.286 e. The van der Waals surface area contributed by atoms with Gasteiger partial charge in [0, 0.05) is 6.07 Å². The first-order valence-corrected chi connectivity index (χ1v) is 8.85. The Morgan fingerprint density at radius 2 is 1.96 bits per heavy atom. The number of aromatic hydroxyl groups is 1. The molecule has 1 aliphatic heterocycles. The molecule has 0 radical (unpaired) electrons. The molecule has 1 aromatic heterocycles. The number of carbonyl (C=O) groups excluding carboxylic acids is 2. The van der Waals surface area contributed by atoms with E-state index < -0.39 is 0 Å². The van der Waals surface area contributed by atoms with E-state index in [9.17, 15) is 14.7 Å². The Morgan fingerprint density at radius 1 is 1.15 bits per heavy atom. The first-order chi connectivity index (χ1) is 12.6. The first kappa shape index (κ1) is 16.5. The van der Waals surface area contributed by atoms with Crippen molar-refractivity contribution in [3.05, 3.63) is 53.9 Å². The maximum absolute atomic E-state index is 11.6. The number of phenols is 1. The molecule has 3 aromatic rings. The Balaban J connectivity index is 1.37. The first-order valence-electron chi connectivity index (χ1n) is 7.98. The number of benzene rings is 2. The molecular weight excluding hydrogens is 354 g/mol. The van der Waals surface area contributed by atoms with Crippen molar-refractivity contribution in [2.45, 2.75) is 18.3 Å². The van der Waals surface area contributed by atoms with Crippen molar-refractivity contribution in [1.82, 2.24) is 15.3 Å². The second kappa shape index (κ2) is 6.72. The highest BCUT2D eigenvalue weighted by Gasteiger charge is 2.31. The highest BCUT2D eigenvalue weighted by atomic mass is 32.2. The van der Waals surface area contributed by atoms with Gasteiger partial charge in [-0.15, -0.1) is 0 Å². The van der Waals surface area contributed by atoms with Gasteiger partial charge >= 0.3 is 0 Å². The van der Waals surface area contributed by atoms with E-state index in [0.29, 0.717) is 18.0 Å². The molecule has 26 heavy (non-hydrogen) atoms. The van der Waals surface area contributed by atoms with Gasteiger partial charge in [-0.2, -0.15) is 0 Å². The molecule has 7 nitrogen and oxygen atoms in total. The van der Waals surface area contributed by atoms with Gasteiger partial charge in [0.05, 0.1) is 16.3 Å². The number of thioether (sulfide) groups is 1. The average molecular weight is 369 g/mol. The van der Waals surface area contributed by atoms with Crippen molar-refractivity contribution in [3.63, 3.8) is 0 Å². The van der Waals surface area contributed by atoms with Crippen LogP contribution in [0, 0.1) is 0 Å². The maximum atomic E-state index is 11.6. The zero-order valence-electron chi connectivity index (χ0n) is 13.6. The third kappa shape index (κ3) is 3.50. The number of carbonyl (C=O) groups is 2. The van der Waals surface area contributed by atoms with Gasteiger partial charge in [0.1, 0.15) is 23.9 Å². The molecule has 8 heteroatoms. The molecule has 1 fully saturated rings. The summed E-state index contributed by atoms with van der Waals surface area (Å²) >= 11 is 1.02. The highest BCUT2D eigenvalue weighted by Crippen LogP contribution is 2.24. The van der Waals surface area contributed by atoms with E-state index in [4.69, 9.17) is 4.74 Å². The quantitative estimate of drug-likeness (QED) is 0.639. The SMILES string of the molecule is O=C1NC(=O)C(Cc2ccc(OCc3nc4ccc(O)cc4[nH]3)cc2)S1. The molecule has 1 aliphatic rings. The van der Waals surface area contributed by atoms with Crippen LogP contribution in [0.25, 0.3) is 11.0 Å². The van der Waals surface area contributed by atoms with Crippen LogP contribution in [0.3, 0.4) is 0 Å². The Bertz CT molecular complexity index is 984. The Labute approximate surface area is 152 Å². The average Bonchev–Trinajstić information content (AvgIpc) is 3.16. The normalized spacial score (nSPS) is 16.8. The number of amides is 2. The summed E-state index contributed by atoms with van der Waals surface area (Å²) in [5.74, 6) is 1.28. The lowest BCUT2D eigenvalue weighted by atomic mass is 10.1. The van der Waals surface area contributed by atoms with Crippen LogP contribution in [-0.4, -0.2) is 31.5 Å². The van der Waals surface area contributed by atoms with Gasteiger partial charge in [0.25, 0.3) is 5.24 Å². The fraction of sp³-hybridized carbons (Fsp3) is 0.167. The van der Waals surface area contributed by atoms with Crippen LogP contribution in [0.2, 0.25) is 0 Å². The highest BCUT2D eigenvalue weighted by molar-refractivity contribution is 8.15. The molecule has 2 amide bonds. The standard InChI is InChI=1S/C18H15N3O4S/c22-11-3-6-13-14(8-11)20-16(19-13)9-25-12-4-1-10(2-5-12)7-15-17(23)21-18(24)26-15/h1-6,8,15,22H,7,9H2,(H,19,20)(H,21,23,24). The Morgan fingerprint density at radius 3 is 2.69 bits per heavy atom. The lowest BCUT2D eigenvalue weighted by Gasteiger charge is -2.07. The molecule has 3 N–H and O–H groups in total. The second-order valence-electron chi connectivity index (χ2n) is 5.90. The third-order valence-corrected chi connectivity index (χ3v) is 4.98. The van der Waals surface area contributed by atoms with Crippen molar-refractivity contribution < 1.29 is 19.4 Å². The van der Waals surface area contributed by atoms with Crippen LogP contribution < -0.4 is 10.1 Å². The van der Waals surface area contributed by atoms with Crippen LogP contribution in [0.4, 0.5) is 4.79 Å². The number of nitrogens with zero attached hydrogens (tertiary/aromatic N) is 1. The molecule has 0 aliphatic carbocycles. The van der Waals surface area contributed by atoms with Gasteiger partial charge in [-0.05, 0) is 36.2 Å². The van der Waals surface area contributed by atoms with Crippen LogP contribution in [0.5, 0.6) is 11.5 Å². The molecule has 0 spiro atoms. The van der Waals surface area contributed by atoms with Crippen molar-refractivity contribution in [1.29, 1.82) is 0 Å². The topological polar surface area (TPSA) is 104 Å². The van der Waals surface area contributed by atoms with E-state index in [1.165, 1.54) is 0 Å². The molecule has 1 unspecified atom stereocenters. The third-order valence-electron chi connectivity index (χ3n) is 4.00. The van der Waals surface area contributed by atoms with E-state index in [0.717, 1.165) is 28.4 Å². The molecule has 0 saturated carbocycles. The number of H-pyrrole nitrogens is 1. The molecule has 0 bridgehead atoms. The Kier molecular flexibility index (Phi) is 4.26. The molecular formula is C18H15N3O4S. The molecule has 4 rings (SSSR count). The summed E-state index contributed by atoms with van der Waals surface area (Å²) in [6.45, 7) is 0.268. The van der Waals surface area contributed by atoms with Gasteiger partial charge in [0.15, 0.2) is 0 Å². The monoisotopic (exact) mass is 369 g/mol. The number of imide groups is 1. The minimum absolute atomic E-state index is 0.181. The molecule has 1 saturated heterocycles. The second-order valence-corrected chi connectivity index (χ2v) is 7.08. The summed E-state index contributed by atoms with van der Waals surface area (Å²) in [6.07, 6.45) is 0.496. The molecule has 2 heterocycles. The number of phenolic OH excluding ortho intramolecular Hbond substituents is 1.